The fourth-order valence-electron chi connectivity index (χ4n) is 1.84. The molecule has 1 aliphatic rings. The Hall–Kier alpha value is -1.29. The molecule has 0 saturated carbocycles. The van der Waals surface area contributed by atoms with Crippen molar-refractivity contribution >= 4 is 21.8 Å². The maximum absolute atomic E-state index is 5.22. The second-order valence-electron chi connectivity index (χ2n) is 3.53. The van der Waals surface area contributed by atoms with Crippen molar-refractivity contribution in [3.63, 3.8) is 0 Å². The van der Waals surface area contributed by atoms with Gasteiger partial charge in [0.25, 0.3) is 0 Å². The van der Waals surface area contributed by atoms with Gasteiger partial charge in [0.05, 0.1) is 0 Å². The van der Waals surface area contributed by atoms with Crippen LogP contribution in [0.2, 0.25) is 0 Å². The Labute approximate surface area is 95.6 Å². The Kier molecular flexibility index (Phi) is 2.02. The molecule has 4 heteroatoms. The van der Waals surface area contributed by atoms with E-state index in [1.54, 1.807) is 0 Å². The number of aromatic nitrogens is 1. The van der Waals surface area contributed by atoms with Gasteiger partial charge >= 0.3 is 0 Å². The standard InChI is InChI=1S/C11H9BrN2O/c12-8-3-1-2-7(6-8)10-9-4-5-13-11(9)15-14-10/h1-3,6,13H,4-5H2. The van der Waals surface area contributed by atoms with E-state index >= 15 is 0 Å². The van der Waals surface area contributed by atoms with Gasteiger partial charge in [0, 0.05) is 22.1 Å². The summed E-state index contributed by atoms with van der Waals surface area (Å²) in [4.78, 5) is 0. The van der Waals surface area contributed by atoms with Crippen LogP contribution in [0.4, 0.5) is 5.88 Å². The molecule has 15 heavy (non-hydrogen) atoms. The molecule has 1 aromatic carbocycles. The van der Waals surface area contributed by atoms with Gasteiger partial charge < -0.3 is 9.84 Å². The van der Waals surface area contributed by atoms with Gasteiger partial charge in [-0.3, -0.25) is 0 Å². The van der Waals surface area contributed by atoms with Crippen molar-refractivity contribution in [3.8, 4) is 11.3 Å². The molecule has 3 rings (SSSR count). The molecule has 76 valence electrons. The molecule has 0 atom stereocenters. The molecule has 1 aliphatic heterocycles. The summed E-state index contributed by atoms with van der Waals surface area (Å²) in [7, 11) is 0. The van der Waals surface area contributed by atoms with Crippen LogP contribution in [0.15, 0.2) is 33.3 Å². The first-order valence-corrected chi connectivity index (χ1v) is 5.62. The predicted molar refractivity (Wildman–Crippen MR) is 61.8 cm³/mol. The zero-order chi connectivity index (χ0) is 10.3. The number of hydrogen-bond donors (Lipinski definition) is 1. The van der Waals surface area contributed by atoms with E-state index in [0.717, 1.165) is 34.6 Å². The largest absolute Gasteiger partial charge is 0.353 e. The molecule has 0 saturated heterocycles. The second-order valence-corrected chi connectivity index (χ2v) is 4.44. The summed E-state index contributed by atoms with van der Waals surface area (Å²) in [5.74, 6) is 0.824. The average molecular weight is 265 g/mol. The molecule has 0 bridgehead atoms. The third-order valence-electron chi connectivity index (χ3n) is 2.55. The summed E-state index contributed by atoms with van der Waals surface area (Å²) >= 11 is 3.45. The van der Waals surface area contributed by atoms with Crippen molar-refractivity contribution in [2.24, 2.45) is 0 Å². The molecule has 0 fully saturated rings. The number of fused-ring (bicyclic) bond motifs is 1. The summed E-state index contributed by atoms with van der Waals surface area (Å²) in [6.07, 6.45) is 0.987. The molecule has 2 heterocycles. The molecule has 1 aromatic heterocycles. The van der Waals surface area contributed by atoms with Crippen LogP contribution in [-0.2, 0) is 6.42 Å². The van der Waals surface area contributed by atoms with Crippen LogP contribution < -0.4 is 5.32 Å². The highest BCUT2D eigenvalue weighted by Gasteiger charge is 2.21. The van der Waals surface area contributed by atoms with Gasteiger partial charge in [-0.15, -0.1) is 0 Å². The first-order chi connectivity index (χ1) is 7.34. The number of hydrogen-bond acceptors (Lipinski definition) is 3. The summed E-state index contributed by atoms with van der Waals surface area (Å²) in [5, 5.41) is 7.25. The molecule has 0 unspecified atom stereocenters. The third-order valence-corrected chi connectivity index (χ3v) is 3.04. The number of benzene rings is 1. The van der Waals surface area contributed by atoms with E-state index in [4.69, 9.17) is 4.52 Å². The van der Waals surface area contributed by atoms with Crippen molar-refractivity contribution in [3.05, 3.63) is 34.3 Å². The topological polar surface area (TPSA) is 38.1 Å². The first kappa shape index (κ1) is 8.97. The minimum atomic E-state index is 0.824. The van der Waals surface area contributed by atoms with Crippen LogP contribution >= 0.6 is 15.9 Å². The summed E-state index contributed by atoms with van der Waals surface area (Å²) in [6.45, 7) is 0.942. The van der Waals surface area contributed by atoms with Crippen molar-refractivity contribution < 1.29 is 4.52 Å². The zero-order valence-electron chi connectivity index (χ0n) is 7.96. The lowest BCUT2D eigenvalue weighted by molar-refractivity contribution is 0.436. The minimum absolute atomic E-state index is 0.824. The van der Waals surface area contributed by atoms with Crippen LogP contribution in [-0.4, -0.2) is 11.7 Å². The zero-order valence-corrected chi connectivity index (χ0v) is 9.54. The van der Waals surface area contributed by atoms with Gasteiger partial charge in [-0.2, -0.15) is 0 Å². The fraction of sp³-hybridized carbons (Fsp3) is 0.182. The van der Waals surface area contributed by atoms with Crippen LogP contribution in [0.25, 0.3) is 11.3 Å². The third kappa shape index (κ3) is 1.45. The van der Waals surface area contributed by atoms with Gasteiger partial charge in [0.2, 0.25) is 5.88 Å². The van der Waals surface area contributed by atoms with Crippen LogP contribution in [0.1, 0.15) is 5.56 Å². The highest BCUT2D eigenvalue weighted by molar-refractivity contribution is 9.10. The van der Waals surface area contributed by atoms with Gasteiger partial charge in [0.15, 0.2) is 0 Å². The van der Waals surface area contributed by atoms with Crippen LogP contribution in [0.3, 0.4) is 0 Å². The van der Waals surface area contributed by atoms with Gasteiger partial charge in [-0.1, -0.05) is 33.2 Å². The van der Waals surface area contributed by atoms with E-state index in [1.807, 2.05) is 18.2 Å². The molecule has 2 aromatic rings. The number of nitrogens with zero attached hydrogens (tertiary/aromatic N) is 1. The van der Waals surface area contributed by atoms with Crippen molar-refractivity contribution in [1.82, 2.24) is 5.16 Å². The summed E-state index contributed by atoms with van der Waals surface area (Å²) < 4.78 is 6.28. The number of rotatable bonds is 1. The minimum Gasteiger partial charge on any atom is -0.353 e. The lowest BCUT2D eigenvalue weighted by atomic mass is 10.1. The Bertz CT molecular complexity index is 507. The second kappa shape index (κ2) is 3.38. The maximum atomic E-state index is 5.22. The quantitative estimate of drug-likeness (QED) is 0.861. The van der Waals surface area contributed by atoms with Crippen molar-refractivity contribution in [2.75, 3.05) is 11.9 Å². The summed E-state index contributed by atoms with van der Waals surface area (Å²) in [5.41, 5.74) is 3.24. The Morgan fingerprint density at radius 1 is 1.40 bits per heavy atom. The van der Waals surface area contributed by atoms with E-state index in [1.165, 1.54) is 5.56 Å². The normalized spacial score (nSPS) is 13.7. The Morgan fingerprint density at radius 3 is 3.20 bits per heavy atom. The van der Waals surface area contributed by atoms with Crippen LogP contribution in [0, 0.1) is 0 Å². The molecular weight excluding hydrogens is 256 g/mol. The SMILES string of the molecule is Brc1cccc(-c2noc3c2CCN3)c1. The molecular formula is C11H9BrN2O. The number of anilines is 1. The number of nitrogens with one attached hydrogen (secondary N) is 1. The summed E-state index contributed by atoms with van der Waals surface area (Å²) in [6, 6.07) is 8.10. The lowest BCUT2D eigenvalue weighted by Crippen LogP contribution is -1.92. The van der Waals surface area contributed by atoms with Crippen molar-refractivity contribution in [1.29, 1.82) is 0 Å². The van der Waals surface area contributed by atoms with Gasteiger partial charge in [-0.25, -0.2) is 0 Å². The first-order valence-electron chi connectivity index (χ1n) is 4.83. The monoisotopic (exact) mass is 264 g/mol. The predicted octanol–water partition coefficient (Wildman–Crippen LogP) is 3.07. The molecule has 0 amide bonds. The number of halogens is 1. The highest BCUT2D eigenvalue weighted by Crippen LogP contribution is 2.33. The maximum Gasteiger partial charge on any atom is 0.228 e. The van der Waals surface area contributed by atoms with Gasteiger partial charge in [-0.05, 0) is 18.6 Å². The average Bonchev–Trinajstić information content (AvgIpc) is 2.77. The lowest BCUT2D eigenvalue weighted by Gasteiger charge is -1.98. The van der Waals surface area contributed by atoms with Crippen molar-refractivity contribution in [2.45, 2.75) is 6.42 Å². The fourth-order valence-corrected chi connectivity index (χ4v) is 2.24. The Balaban J connectivity index is 2.13. The van der Waals surface area contributed by atoms with E-state index in [2.05, 4.69) is 32.5 Å². The molecule has 3 nitrogen and oxygen atoms in total. The smallest absolute Gasteiger partial charge is 0.228 e. The van der Waals surface area contributed by atoms with Crippen LogP contribution in [0.5, 0.6) is 0 Å². The van der Waals surface area contributed by atoms with E-state index in [-0.39, 0.29) is 0 Å². The van der Waals surface area contributed by atoms with E-state index in [0.29, 0.717) is 0 Å². The Morgan fingerprint density at radius 2 is 2.33 bits per heavy atom. The highest BCUT2D eigenvalue weighted by atomic mass is 79.9. The van der Waals surface area contributed by atoms with E-state index in [9.17, 15) is 0 Å². The molecule has 0 radical (unpaired) electrons. The molecule has 0 aliphatic carbocycles. The van der Waals surface area contributed by atoms with E-state index < -0.39 is 0 Å². The van der Waals surface area contributed by atoms with Gasteiger partial charge in [0.1, 0.15) is 5.69 Å². The molecule has 0 spiro atoms. The molecule has 1 N–H and O–H groups in total.